The second-order valence-corrected chi connectivity index (χ2v) is 7.59. The summed E-state index contributed by atoms with van der Waals surface area (Å²) >= 11 is 9.62. The highest BCUT2D eigenvalue weighted by Gasteiger charge is 2.20. The van der Waals surface area contributed by atoms with Crippen molar-refractivity contribution >= 4 is 39.1 Å². The first kappa shape index (κ1) is 19.6. The lowest BCUT2D eigenvalue weighted by Gasteiger charge is -2.19. The zero-order valence-corrected chi connectivity index (χ0v) is 17.5. The molecular weight excluding hydrogens is 433 g/mol. The molecule has 1 amide bonds. The minimum absolute atomic E-state index is 0.0934. The SMILES string of the molecule is Cc1nn(-c2ccc(F)cc2)c(C)c1CC(=O)N(C)c1ccc(Br)cc1Cl. The number of halogens is 3. The van der Waals surface area contributed by atoms with E-state index in [9.17, 15) is 9.18 Å². The molecule has 27 heavy (non-hydrogen) atoms. The molecule has 0 N–H and O–H groups in total. The summed E-state index contributed by atoms with van der Waals surface area (Å²) in [5.74, 6) is -0.396. The molecular formula is C20H18BrClFN3O. The first-order valence-corrected chi connectivity index (χ1v) is 9.47. The average Bonchev–Trinajstić information content (AvgIpc) is 2.90. The Balaban J connectivity index is 1.87. The predicted octanol–water partition coefficient (Wildman–Crippen LogP) is 5.25. The molecule has 0 aliphatic carbocycles. The normalized spacial score (nSPS) is 10.9. The molecule has 0 spiro atoms. The standard InChI is InChI=1S/C20H18BrClFN3O/c1-12-17(13(2)26(24-12)16-7-5-15(23)6-8-16)11-20(27)25(3)19-9-4-14(21)10-18(19)22/h4-10H,11H2,1-3H3. The maximum atomic E-state index is 13.2. The van der Waals surface area contributed by atoms with Crippen molar-refractivity contribution in [3.63, 3.8) is 0 Å². The highest BCUT2D eigenvalue weighted by Crippen LogP contribution is 2.29. The monoisotopic (exact) mass is 449 g/mol. The molecule has 0 radical (unpaired) electrons. The van der Waals surface area contributed by atoms with Crippen molar-refractivity contribution in [1.29, 1.82) is 0 Å². The molecule has 0 atom stereocenters. The van der Waals surface area contributed by atoms with Crippen LogP contribution >= 0.6 is 27.5 Å². The lowest BCUT2D eigenvalue weighted by atomic mass is 10.1. The molecule has 3 rings (SSSR count). The van der Waals surface area contributed by atoms with Gasteiger partial charge >= 0.3 is 0 Å². The van der Waals surface area contributed by atoms with Gasteiger partial charge in [-0.25, -0.2) is 9.07 Å². The largest absolute Gasteiger partial charge is 0.314 e. The van der Waals surface area contributed by atoms with E-state index in [2.05, 4.69) is 21.0 Å². The van der Waals surface area contributed by atoms with Crippen LogP contribution in [0.3, 0.4) is 0 Å². The van der Waals surface area contributed by atoms with E-state index < -0.39 is 0 Å². The summed E-state index contributed by atoms with van der Waals surface area (Å²) in [5.41, 5.74) is 3.86. The van der Waals surface area contributed by atoms with Gasteiger partial charge in [0.2, 0.25) is 5.91 Å². The fourth-order valence-corrected chi connectivity index (χ4v) is 3.72. The summed E-state index contributed by atoms with van der Waals surface area (Å²) in [7, 11) is 1.70. The topological polar surface area (TPSA) is 38.1 Å². The third-order valence-corrected chi connectivity index (χ3v) is 5.28. The van der Waals surface area contributed by atoms with Gasteiger partial charge in [-0.3, -0.25) is 4.79 Å². The third-order valence-electron chi connectivity index (χ3n) is 4.49. The number of benzene rings is 2. The highest BCUT2D eigenvalue weighted by molar-refractivity contribution is 9.10. The number of hydrogen-bond donors (Lipinski definition) is 0. The number of amides is 1. The van der Waals surface area contributed by atoms with E-state index in [-0.39, 0.29) is 18.1 Å². The maximum Gasteiger partial charge on any atom is 0.231 e. The molecule has 0 fully saturated rings. The van der Waals surface area contributed by atoms with Crippen molar-refractivity contribution in [2.45, 2.75) is 20.3 Å². The minimum Gasteiger partial charge on any atom is -0.314 e. The zero-order chi connectivity index (χ0) is 19.7. The molecule has 4 nitrogen and oxygen atoms in total. The molecule has 0 aliphatic rings. The number of nitrogens with zero attached hydrogens (tertiary/aromatic N) is 3. The Bertz CT molecular complexity index is 1000. The molecule has 0 aliphatic heterocycles. The molecule has 3 aromatic rings. The van der Waals surface area contributed by atoms with E-state index in [1.54, 1.807) is 40.9 Å². The van der Waals surface area contributed by atoms with Crippen molar-refractivity contribution in [1.82, 2.24) is 9.78 Å². The van der Waals surface area contributed by atoms with E-state index in [4.69, 9.17) is 11.6 Å². The van der Waals surface area contributed by atoms with Gasteiger partial charge in [0, 0.05) is 22.8 Å². The van der Waals surface area contributed by atoms with E-state index in [1.807, 2.05) is 19.9 Å². The van der Waals surface area contributed by atoms with Crippen LogP contribution in [0.2, 0.25) is 5.02 Å². The molecule has 7 heteroatoms. The van der Waals surface area contributed by atoms with Crippen LogP contribution in [-0.4, -0.2) is 22.7 Å². The Labute approximate surface area is 170 Å². The van der Waals surface area contributed by atoms with Gasteiger partial charge < -0.3 is 4.90 Å². The van der Waals surface area contributed by atoms with Crippen molar-refractivity contribution < 1.29 is 9.18 Å². The van der Waals surface area contributed by atoms with Crippen LogP contribution in [0.5, 0.6) is 0 Å². The zero-order valence-electron chi connectivity index (χ0n) is 15.1. The predicted molar refractivity (Wildman–Crippen MR) is 109 cm³/mol. The molecule has 1 heterocycles. The number of hydrogen-bond acceptors (Lipinski definition) is 2. The summed E-state index contributed by atoms with van der Waals surface area (Å²) in [4.78, 5) is 14.4. The van der Waals surface area contributed by atoms with Crippen LogP contribution in [0.25, 0.3) is 5.69 Å². The van der Waals surface area contributed by atoms with Gasteiger partial charge in [0.25, 0.3) is 0 Å². The molecule has 0 saturated carbocycles. The lowest BCUT2D eigenvalue weighted by Crippen LogP contribution is -2.28. The highest BCUT2D eigenvalue weighted by atomic mass is 79.9. The first-order chi connectivity index (χ1) is 12.8. The summed E-state index contributed by atoms with van der Waals surface area (Å²) in [6.45, 7) is 3.76. The Kier molecular flexibility index (Phi) is 5.67. The van der Waals surface area contributed by atoms with Crippen molar-refractivity contribution in [2.75, 3.05) is 11.9 Å². The van der Waals surface area contributed by atoms with Gasteiger partial charge in [-0.2, -0.15) is 5.10 Å². The van der Waals surface area contributed by atoms with Crippen LogP contribution < -0.4 is 4.90 Å². The van der Waals surface area contributed by atoms with Crippen LogP contribution in [0.15, 0.2) is 46.9 Å². The number of aromatic nitrogens is 2. The Hall–Kier alpha value is -2.18. The number of likely N-dealkylation sites (N-methyl/N-ethyl adjacent to an activating group) is 1. The van der Waals surface area contributed by atoms with E-state index in [1.165, 1.54) is 12.1 Å². The summed E-state index contributed by atoms with van der Waals surface area (Å²) in [6.07, 6.45) is 0.196. The van der Waals surface area contributed by atoms with Crippen molar-refractivity contribution in [2.24, 2.45) is 0 Å². The third kappa shape index (κ3) is 4.06. The Morgan fingerprint density at radius 3 is 2.52 bits per heavy atom. The average molecular weight is 451 g/mol. The summed E-state index contributed by atoms with van der Waals surface area (Å²) in [5, 5.41) is 5.01. The van der Waals surface area contributed by atoms with Crippen LogP contribution in [0.1, 0.15) is 17.0 Å². The molecule has 0 bridgehead atoms. The summed E-state index contributed by atoms with van der Waals surface area (Å²) in [6, 6.07) is 11.5. The van der Waals surface area contributed by atoms with Crippen LogP contribution in [0, 0.1) is 19.7 Å². The fourth-order valence-electron chi connectivity index (χ4n) is 2.92. The number of aryl methyl sites for hydroxylation is 1. The van der Waals surface area contributed by atoms with Crippen LogP contribution in [-0.2, 0) is 11.2 Å². The second kappa shape index (κ2) is 7.82. The second-order valence-electron chi connectivity index (χ2n) is 6.26. The number of carbonyl (C=O) groups is 1. The first-order valence-electron chi connectivity index (χ1n) is 8.30. The fraction of sp³-hybridized carbons (Fsp3) is 0.200. The quantitative estimate of drug-likeness (QED) is 0.544. The smallest absolute Gasteiger partial charge is 0.231 e. The van der Waals surface area contributed by atoms with E-state index in [0.717, 1.165) is 27.1 Å². The lowest BCUT2D eigenvalue weighted by molar-refractivity contribution is -0.117. The van der Waals surface area contributed by atoms with Gasteiger partial charge in [-0.1, -0.05) is 27.5 Å². The maximum absolute atomic E-state index is 13.2. The number of carbonyl (C=O) groups excluding carboxylic acids is 1. The molecule has 1 aromatic heterocycles. The molecule has 0 saturated heterocycles. The summed E-state index contributed by atoms with van der Waals surface area (Å²) < 4.78 is 15.8. The van der Waals surface area contributed by atoms with Gasteiger partial charge in [-0.15, -0.1) is 0 Å². The van der Waals surface area contributed by atoms with Gasteiger partial charge in [0.1, 0.15) is 5.82 Å². The van der Waals surface area contributed by atoms with E-state index >= 15 is 0 Å². The number of anilines is 1. The van der Waals surface area contributed by atoms with E-state index in [0.29, 0.717) is 10.7 Å². The van der Waals surface area contributed by atoms with Crippen molar-refractivity contribution in [3.8, 4) is 5.69 Å². The van der Waals surface area contributed by atoms with Gasteiger partial charge in [0.05, 0.1) is 28.5 Å². The number of rotatable bonds is 4. The molecule has 2 aromatic carbocycles. The minimum atomic E-state index is -0.302. The van der Waals surface area contributed by atoms with Crippen molar-refractivity contribution in [3.05, 3.63) is 74.7 Å². The van der Waals surface area contributed by atoms with Gasteiger partial charge in [0.15, 0.2) is 0 Å². The molecule has 140 valence electrons. The Morgan fingerprint density at radius 1 is 1.22 bits per heavy atom. The van der Waals surface area contributed by atoms with Gasteiger partial charge in [-0.05, 0) is 56.3 Å². The van der Waals surface area contributed by atoms with Crippen LogP contribution in [0.4, 0.5) is 10.1 Å². The molecule has 0 unspecified atom stereocenters. The Morgan fingerprint density at radius 2 is 1.89 bits per heavy atom.